The first-order valence-electron chi connectivity index (χ1n) is 8.22. The molecule has 2 aromatic rings. The highest BCUT2D eigenvalue weighted by Crippen LogP contribution is 2.49. The van der Waals surface area contributed by atoms with E-state index in [1.165, 1.54) is 12.5 Å². The Hall–Kier alpha value is -1.36. The van der Waals surface area contributed by atoms with Gasteiger partial charge in [0.1, 0.15) is 5.75 Å². The molecule has 2 unspecified atom stereocenters. The maximum atomic E-state index is 11.5. The van der Waals surface area contributed by atoms with Crippen LogP contribution in [-0.4, -0.2) is 31.0 Å². The fourth-order valence-corrected chi connectivity index (χ4v) is 4.85. The quantitative estimate of drug-likeness (QED) is 0.514. The van der Waals surface area contributed by atoms with Gasteiger partial charge in [-0.15, -0.1) is 0 Å². The van der Waals surface area contributed by atoms with E-state index in [0.717, 1.165) is 23.1 Å². The molecule has 0 N–H and O–H groups in total. The van der Waals surface area contributed by atoms with Crippen molar-refractivity contribution >= 4 is 33.5 Å². The minimum atomic E-state index is -0.322. The topological polar surface area (TPSA) is 29.5 Å². The Bertz CT molecular complexity index is 810. The maximum absolute atomic E-state index is 11.5. The van der Waals surface area contributed by atoms with Crippen molar-refractivity contribution in [1.82, 2.24) is 4.90 Å². The zero-order valence-corrected chi connectivity index (χ0v) is 16.9. The van der Waals surface area contributed by atoms with Gasteiger partial charge in [0.05, 0.1) is 0 Å². The van der Waals surface area contributed by atoms with Crippen LogP contribution in [0, 0.1) is 0 Å². The molecular weight excluding hydrogens is 402 g/mol. The Morgan fingerprint density at radius 3 is 2.72 bits per heavy atom. The molecule has 0 spiro atoms. The summed E-state index contributed by atoms with van der Waals surface area (Å²) in [6.45, 7) is 5.46. The molecule has 132 valence electrons. The standard InChI is InChI=1S/C20H21BrClNO2/c1-13(24)25-19-9-8-14(22)10-15(19)17-11-23(3)12-20(17,2)16-6-4-5-7-18(16)21/h4-10,17H,11-12H2,1-3H3. The number of hydrogen-bond acceptors (Lipinski definition) is 3. The van der Waals surface area contributed by atoms with Crippen LogP contribution < -0.4 is 4.74 Å². The van der Waals surface area contributed by atoms with Gasteiger partial charge in [0.15, 0.2) is 0 Å². The van der Waals surface area contributed by atoms with Crippen LogP contribution in [0.5, 0.6) is 5.75 Å². The van der Waals surface area contributed by atoms with Crippen molar-refractivity contribution in [1.29, 1.82) is 0 Å². The molecule has 1 saturated heterocycles. The maximum Gasteiger partial charge on any atom is 0.308 e. The first kappa shape index (κ1) is 18.4. The molecule has 0 radical (unpaired) electrons. The fourth-order valence-electron chi connectivity index (χ4n) is 3.93. The van der Waals surface area contributed by atoms with Crippen molar-refractivity contribution in [3.8, 4) is 5.75 Å². The summed E-state index contributed by atoms with van der Waals surface area (Å²) < 4.78 is 6.57. The molecule has 2 aromatic carbocycles. The molecule has 1 aliphatic heterocycles. The molecule has 0 bridgehead atoms. The van der Waals surface area contributed by atoms with Crippen molar-refractivity contribution in [3.05, 3.63) is 63.1 Å². The van der Waals surface area contributed by atoms with Gasteiger partial charge in [0.2, 0.25) is 0 Å². The Morgan fingerprint density at radius 2 is 2.04 bits per heavy atom. The lowest BCUT2D eigenvalue weighted by Gasteiger charge is -2.33. The van der Waals surface area contributed by atoms with E-state index >= 15 is 0 Å². The fraction of sp³-hybridized carbons (Fsp3) is 0.350. The Labute approximate surface area is 162 Å². The van der Waals surface area contributed by atoms with Crippen LogP contribution >= 0.6 is 27.5 Å². The van der Waals surface area contributed by atoms with Crippen LogP contribution in [0.2, 0.25) is 5.02 Å². The van der Waals surface area contributed by atoms with E-state index in [0.29, 0.717) is 10.8 Å². The molecule has 25 heavy (non-hydrogen) atoms. The summed E-state index contributed by atoms with van der Waals surface area (Å²) in [4.78, 5) is 13.8. The van der Waals surface area contributed by atoms with Gasteiger partial charge in [-0.05, 0) is 36.9 Å². The van der Waals surface area contributed by atoms with E-state index in [-0.39, 0.29) is 17.3 Å². The van der Waals surface area contributed by atoms with Gasteiger partial charge in [-0.1, -0.05) is 52.7 Å². The third-order valence-corrected chi connectivity index (χ3v) is 5.88. The van der Waals surface area contributed by atoms with Crippen LogP contribution in [0.3, 0.4) is 0 Å². The van der Waals surface area contributed by atoms with E-state index in [2.05, 4.69) is 53.0 Å². The Morgan fingerprint density at radius 1 is 1.32 bits per heavy atom. The molecule has 3 rings (SSSR count). The first-order valence-corrected chi connectivity index (χ1v) is 9.40. The molecule has 1 fully saturated rings. The van der Waals surface area contributed by atoms with E-state index in [4.69, 9.17) is 16.3 Å². The number of rotatable bonds is 3. The molecule has 3 nitrogen and oxygen atoms in total. The highest BCUT2D eigenvalue weighted by molar-refractivity contribution is 9.10. The Kier molecular flexibility index (Phi) is 5.24. The van der Waals surface area contributed by atoms with Gasteiger partial charge in [0.25, 0.3) is 0 Å². The number of likely N-dealkylation sites (tertiary alicyclic amines) is 1. The lowest BCUT2D eigenvalue weighted by molar-refractivity contribution is -0.131. The first-order chi connectivity index (χ1) is 11.8. The minimum Gasteiger partial charge on any atom is -0.426 e. The van der Waals surface area contributed by atoms with E-state index < -0.39 is 0 Å². The van der Waals surface area contributed by atoms with Crippen molar-refractivity contribution in [2.75, 3.05) is 20.1 Å². The number of nitrogens with zero attached hydrogens (tertiary/aromatic N) is 1. The minimum absolute atomic E-state index is 0.131. The predicted molar refractivity (Wildman–Crippen MR) is 104 cm³/mol. The number of esters is 1. The third-order valence-electron chi connectivity index (χ3n) is 4.95. The van der Waals surface area contributed by atoms with Crippen LogP contribution in [0.25, 0.3) is 0 Å². The normalized spacial score (nSPS) is 23.6. The molecule has 0 amide bonds. The number of hydrogen-bond donors (Lipinski definition) is 0. The number of ether oxygens (including phenoxy) is 1. The van der Waals surface area contributed by atoms with Crippen molar-refractivity contribution < 1.29 is 9.53 Å². The van der Waals surface area contributed by atoms with Crippen LogP contribution in [-0.2, 0) is 10.2 Å². The van der Waals surface area contributed by atoms with Gasteiger partial charge < -0.3 is 9.64 Å². The van der Waals surface area contributed by atoms with E-state index in [9.17, 15) is 4.79 Å². The molecule has 0 saturated carbocycles. The van der Waals surface area contributed by atoms with Gasteiger partial charge >= 0.3 is 5.97 Å². The summed E-state index contributed by atoms with van der Waals surface area (Å²) in [6.07, 6.45) is 0. The van der Waals surface area contributed by atoms with Crippen LogP contribution in [0.1, 0.15) is 30.9 Å². The zero-order chi connectivity index (χ0) is 18.2. The zero-order valence-electron chi connectivity index (χ0n) is 14.6. The summed E-state index contributed by atoms with van der Waals surface area (Å²) >= 11 is 9.98. The Balaban J connectivity index is 2.13. The molecule has 0 aromatic heterocycles. The largest absolute Gasteiger partial charge is 0.426 e. The van der Waals surface area contributed by atoms with Gasteiger partial charge in [-0.3, -0.25) is 4.79 Å². The van der Waals surface area contributed by atoms with Gasteiger partial charge in [0, 0.05) is 46.4 Å². The summed E-state index contributed by atoms with van der Waals surface area (Å²) in [6, 6.07) is 13.8. The third kappa shape index (κ3) is 3.62. The second-order valence-electron chi connectivity index (χ2n) is 6.92. The highest BCUT2D eigenvalue weighted by atomic mass is 79.9. The smallest absolute Gasteiger partial charge is 0.308 e. The van der Waals surface area contributed by atoms with Crippen molar-refractivity contribution in [2.24, 2.45) is 0 Å². The summed E-state index contributed by atoms with van der Waals surface area (Å²) in [5.74, 6) is 0.428. The average molecular weight is 423 g/mol. The number of likely N-dealkylation sites (N-methyl/N-ethyl adjacent to an activating group) is 1. The number of halogens is 2. The average Bonchev–Trinajstić information content (AvgIpc) is 2.84. The predicted octanol–water partition coefficient (Wildman–Crippen LogP) is 5.01. The summed E-state index contributed by atoms with van der Waals surface area (Å²) in [5.41, 5.74) is 2.09. The second-order valence-corrected chi connectivity index (χ2v) is 8.21. The van der Waals surface area contributed by atoms with Crippen LogP contribution in [0.15, 0.2) is 46.9 Å². The molecular formula is C20H21BrClNO2. The summed E-state index contributed by atoms with van der Waals surface area (Å²) in [5, 5.41) is 0.648. The van der Waals surface area contributed by atoms with Crippen LogP contribution in [0.4, 0.5) is 0 Å². The van der Waals surface area contributed by atoms with Crippen molar-refractivity contribution in [2.45, 2.75) is 25.2 Å². The molecule has 0 aliphatic carbocycles. The lowest BCUT2D eigenvalue weighted by atomic mass is 9.71. The number of benzene rings is 2. The molecule has 1 heterocycles. The number of carbonyl (C=O) groups excluding carboxylic acids is 1. The lowest BCUT2D eigenvalue weighted by Crippen LogP contribution is -2.31. The van der Waals surface area contributed by atoms with E-state index in [1.54, 1.807) is 12.1 Å². The van der Waals surface area contributed by atoms with Crippen molar-refractivity contribution in [3.63, 3.8) is 0 Å². The molecule has 2 atom stereocenters. The van der Waals surface area contributed by atoms with E-state index in [1.807, 2.05) is 12.1 Å². The molecule has 1 aliphatic rings. The SMILES string of the molecule is CC(=O)Oc1ccc(Cl)cc1C1CN(C)CC1(C)c1ccccc1Br. The molecule has 5 heteroatoms. The monoisotopic (exact) mass is 421 g/mol. The summed E-state index contributed by atoms with van der Waals surface area (Å²) in [7, 11) is 2.12. The van der Waals surface area contributed by atoms with Gasteiger partial charge in [-0.25, -0.2) is 0 Å². The highest BCUT2D eigenvalue weighted by Gasteiger charge is 2.45. The second kappa shape index (κ2) is 7.10. The number of carbonyl (C=O) groups is 1. The van der Waals surface area contributed by atoms with Gasteiger partial charge in [-0.2, -0.15) is 0 Å².